The molecular weight excluding hydrogens is 232 g/mol. The summed E-state index contributed by atoms with van der Waals surface area (Å²) < 4.78 is 26.1. The van der Waals surface area contributed by atoms with E-state index in [1.54, 1.807) is 0 Å². The molecule has 0 atom stereocenters. The summed E-state index contributed by atoms with van der Waals surface area (Å²) in [4.78, 5) is 22.5. The average Bonchev–Trinajstić information content (AvgIpc) is 2.34. The summed E-state index contributed by atoms with van der Waals surface area (Å²) in [5.41, 5.74) is 5.13. The number of nitriles is 1. The SMILES string of the molecule is [2H]C([2H])([2H])Oc1cc(C#N)ccc1/C=C(\C(C)=O)C(N)=O. The molecule has 0 fully saturated rings. The molecule has 92 valence electrons. The molecule has 0 heterocycles. The van der Waals surface area contributed by atoms with Crippen LogP contribution in [-0.2, 0) is 9.59 Å². The summed E-state index contributed by atoms with van der Waals surface area (Å²) in [5, 5.41) is 8.82. The van der Waals surface area contributed by atoms with E-state index in [2.05, 4.69) is 0 Å². The highest BCUT2D eigenvalue weighted by Crippen LogP contribution is 2.22. The van der Waals surface area contributed by atoms with Gasteiger partial charge in [-0.3, -0.25) is 9.59 Å². The monoisotopic (exact) mass is 247 g/mol. The molecule has 0 aliphatic heterocycles. The van der Waals surface area contributed by atoms with Gasteiger partial charge in [0, 0.05) is 5.56 Å². The number of nitrogens with two attached hydrogens (primary N) is 1. The topological polar surface area (TPSA) is 93.2 Å². The van der Waals surface area contributed by atoms with Gasteiger partial charge in [0.2, 0.25) is 0 Å². The second-order valence-electron chi connectivity index (χ2n) is 3.44. The zero-order valence-electron chi connectivity index (χ0n) is 12.6. The highest BCUT2D eigenvalue weighted by atomic mass is 16.5. The minimum absolute atomic E-state index is 0.144. The molecule has 0 saturated heterocycles. The molecule has 5 nitrogen and oxygen atoms in total. The summed E-state index contributed by atoms with van der Waals surface area (Å²) in [5.74, 6) is -1.65. The fraction of sp³-hybridized carbons (Fsp3) is 0.154. The number of hydrogen-bond donors (Lipinski definition) is 1. The van der Waals surface area contributed by atoms with Gasteiger partial charge in [0.05, 0.1) is 28.4 Å². The van der Waals surface area contributed by atoms with Crippen molar-refractivity contribution in [1.29, 1.82) is 5.26 Å². The predicted molar refractivity (Wildman–Crippen MR) is 65.6 cm³/mol. The maximum atomic E-state index is 11.3. The lowest BCUT2D eigenvalue weighted by atomic mass is 10.0. The third kappa shape index (κ3) is 2.95. The number of amides is 1. The molecule has 1 aromatic carbocycles. The lowest BCUT2D eigenvalue weighted by Crippen LogP contribution is -2.18. The molecule has 1 rings (SSSR count). The fourth-order valence-corrected chi connectivity index (χ4v) is 1.31. The highest BCUT2D eigenvalue weighted by Gasteiger charge is 2.12. The molecule has 1 amide bonds. The zero-order chi connectivity index (χ0) is 16.2. The maximum absolute atomic E-state index is 11.3. The number of hydrogen-bond acceptors (Lipinski definition) is 4. The molecule has 1 aromatic rings. The van der Waals surface area contributed by atoms with Crippen LogP contribution >= 0.6 is 0 Å². The Bertz CT molecular complexity index is 642. The first kappa shape index (κ1) is 9.42. The Morgan fingerprint density at radius 3 is 2.78 bits per heavy atom. The van der Waals surface area contributed by atoms with Crippen LogP contribution in [0.3, 0.4) is 0 Å². The summed E-state index contributed by atoms with van der Waals surface area (Å²) in [6.07, 6.45) is 1.13. The quantitative estimate of drug-likeness (QED) is 0.488. The Morgan fingerprint density at radius 1 is 1.56 bits per heavy atom. The van der Waals surface area contributed by atoms with Crippen LogP contribution in [0.15, 0.2) is 23.8 Å². The smallest absolute Gasteiger partial charge is 0.252 e. The summed E-state index contributed by atoms with van der Waals surface area (Å²) in [7, 11) is -2.74. The Morgan fingerprint density at radius 2 is 2.28 bits per heavy atom. The minimum atomic E-state index is -2.74. The first-order valence-electron chi connectivity index (χ1n) is 6.39. The molecular formula is C13H12N2O3. The number of carbonyl (C=O) groups is 2. The highest BCUT2D eigenvalue weighted by molar-refractivity contribution is 6.21. The van der Waals surface area contributed by atoms with Crippen molar-refractivity contribution in [3.8, 4) is 11.8 Å². The molecule has 0 unspecified atom stereocenters. The number of ether oxygens (including phenoxy) is 1. The van der Waals surface area contributed by atoms with Gasteiger partial charge >= 0.3 is 0 Å². The fourth-order valence-electron chi connectivity index (χ4n) is 1.31. The summed E-state index contributed by atoms with van der Waals surface area (Å²) >= 11 is 0. The van der Waals surface area contributed by atoms with Crippen LogP contribution in [0.2, 0.25) is 0 Å². The van der Waals surface area contributed by atoms with Gasteiger partial charge < -0.3 is 10.5 Å². The van der Waals surface area contributed by atoms with Crippen molar-refractivity contribution in [3.05, 3.63) is 34.9 Å². The van der Waals surface area contributed by atoms with Crippen molar-refractivity contribution < 1.29 is 18.4 Å². The predicted octanol–water partition coefficient (Wildman–Crippen LogP) is 1.02. The largest absolute Gasteiger partial charge is 0.496 e. The molecule has 5 heteroatoms. The van der Waals surface area contributed by atoms with E-state index in [9.17, 15) is 9.59 Å². The zero-order valence-corrected chi connectivity index (χ0v) is 9.56. The van der Waals surface area contributed by atoms with Gasteiger partial charge in [-0.15, -0.1) is 0 Å². The summed E-state index contributed by atoms with van der Waals surface area (Å²) in [6.45, 7) is 1.16. The first-order valence-corrected chi connectivity index (χ1v) is 4.89. The van der Waals surface area contributed by atoms with Crippen LogP contribution in [0, 0.1) is 11.3 Å². The van der Waals surface area contributed by atoms with Crippen molar-refractivity contribution in [2.75, 3.05) is 7.04 Å². The number of primary amides is 1. The van der Waals surface area contributed by atoms with E-state index in [1.165, 1.54) is 18.2 Å². The molecule has 0 radical (unpaired) electrons. The molecule has 0 aromatic heterocycles. The van der Waals surface area contributed by atoms with Crippen LogP contribution < -0.4 is 10.5 Å². The van der Waals surface area contributed by atoms with Crippen LogP contribution in [0.5, 0.6) is 5.75 Å². The van der Waals surface area contributed by atoms with Crippen molar-refractivity contribution >= 4 is 17.8 Å². The van der Waals surface area contributed by atoms with Crippen LogP contribution in [0.25, 0.3) is 6.08 Å². The first-order chi connectivity index (χ1) is 9.64. The molecule has 0 aliphatic rings. The van der Waals surface area contributed by atoms with Gasteiger partial charge in [-0.2, -0.15) is 5.26 Å². The Hall–Kier alpha value is -2.61. The lowest BCUT2D eigenvalue weighted by molar-refractivity contribution is -0.119. The number of rotatable bonds is 4. The number of ketones is 1. The van der Waals surface area contributed by atoms with Crippen molar-refractivity contribution in [2.24, 2.45) is 5.73 Å². The number of Topliss-reactive ketones (excluding diaryl/α,β-unsaturated/α-hetero) is 1. The molecule has 0 bridgehead atoms. The standard InChI is InChI=1S/C13H12N2O3/c1-8(16)11(13(15)17)6-10-4-3-9(7-14)5-12(10)18-2/h3-6H,1-2H3,(H2,15,17)/b11-6+/i2D3. The summed E-state index contributed by atoms with van der Waals surface area (Å²) in [6, 6.07) is 5.81. The van der Waals surface area contributed by atoms with Gasteiger partial charge in [0.15, 0.2) is 5.78 Å². The Kier molecular flexibility index (Phi) is 2.95. The third-order valence-corrected chi connectivity index (χ3v) is 2.20. The van der Waals surface area contributed by atoms with Crippen molar-refractivity contribution in [2.45, 2.75) is 6.92 Å². The van der Waals surface area contributed by atoms with Gasteiger partial charge in [-0.1, -0.05) is 0 Å². The van der Waals surface area contributed by atoms with Crippen LogP contribution in [-0.4, -0.2) is 18.7 Å². The Balaban J connectivity index is 3.42. The third-order valence-electron chi connectivity index (χ3n) is 2.20. The molecule has 18 heavy (non-hydrogen) atoms. The second kappa shape index (κ2) is 5.64. The van der Waals surface area contributed by atoms with E-state index in [-0.39, 0.29) is 22.4 Å². The van der Waals surface area contributed by atoms with E-state index < -0.39 is 18.7 Å². The van der Waals surface area contributed by atoms with Gasteiger partial charge in [0.25, 0.3) is 5.91 Å². The molecule has 0 aliphatic carbocycles. The van der Waals surface area contributed by atoms with Crippen LogP contribution in [0.4, 0.5) is 0 Å². The number of nitrogens with zero attached hydrogens (tertiary/aromatic N) is 1. The normalized spacial score (nSPS) is 13.8. The van der Waals surface area contributed by atoms with Crippen molar-refractivity contribution in [1.82, 2.24) is 0 Å². The number of methoxy groups -OCH3 is 1. The van der Waals surface area contributed by atoms with Gasteiger partial charge in [-0.05, 0) is 31.2 Å². The van der Waals surface area contributed by atoms with E-state index in [0.717, 1.165) is 13.0 Å². The van der Waals surface area contributed by atoms with E-state index >= 15 is 0 Å². The van der Waals surface area contributed by atoms with Gasteiger partial charge in [-0.25, -0.2) is 0 Å². The van der Waals surface area contributed by atoms with E-state index in [1.807, 2.05) is 6.07 Å². The lowest BCUT2D eigenvalue weighted by Gasteiger charge is -2.06. The second-order valence-corrected chi connectivity index (χ2v) is 3.44. The molecule has 2 N–H and O–H groups in total. The van der Waals surface area contributed by atoms with Crippen molar-refractivity contribution in [3.63, 3.8) is 0 Å². The Labute approximate surface area is 109 Å². The van der Waals surface area contributed by atoms with E-state index in [0.29, 0.717) is 0 Å². The maximum Gasteiger partial charge on any atom is 0.252 e. The number of benzene rings is 1. The molecule has 0 spiro atoms. The number of carbonyl (C=O) groups excluding carboxylic acids is 2. The minimum Gasteiger partial charge on any atom is -0.496 e. The average molecular weight is 247 g/mol. The van der Waals surface area contributed by atoms with Gasteiger partial charge in [0.1, 0.15) is 5.75 Å². The van der Waals surface area contributed by atoms with E-state index in [4.69, 9.17) is 19.8 Å². The molecule has 0 saturated carbocycles. The van der Waals surface area contributed by atoms with Crippen LogP contribution in [0.1, 0.15) is 22.2 Å².